The van der Waals surface area contributed by atoms with E-state index in [2.05, 4.69) is 6.92 Å². The van der Waals surface area contributed by atoms with Crippen molar-refractivity contribution in [2.75, 3.05) is 6.54 Å². The minimum Gasteiger partial charge on any atom is -0.326 e. The van der Waals surface area contributed by atoms with Crippen LogP contribution >= 0.6 is 0 Å². The lowest BCUT2D eigenvalue weighted by Gasteiger charge is -2.29. The molecule has 0 aliphatic carbocycles. The lowest BCUT2D eigenvalue weighted by atomic mass is 9.98. The van der Waals surface area contributed by atoms with E-state index in [1.165, 1.54) is 4.90 Å². The van der Waals surface area contributed by atoms with Crippen LogP contribution in [0.3, 0.4) is 0 Å². The highest BCUT2D eigenvalue weighted by Gasteiger charge is 2.28. The SMILES string of the molecule is CCC(C)C(N)CN1C(=O)CCCC1=O. The Labute approximate surface area is 90.8 Å². The molecule has 1 saturated heterocycles. The standard InChI is InChI=1S/C11H20N2O2/c1-3-8(2)9(12)7-13-10(14)5-4-6-11(13)15/h8-9H,3-7,12H2,1-2H3. The molecular weight excluding hydrogens is 192 g/mol. The summed E-state index contributed by atoms with van der Waals surface area (Å²) in [5, 5.41) is 0. The molecule has 4 nitrogen and oxygen atoms in total. The monoisotopic (exact) mass is 212 g/mol. The zero-order valence-electron chi connectivity index (χ0n) is 9.53. The number of rotatable bonds is 4. The molecule has 0 aromatic carbocycles. The number of carbonyl (C=O) groups excluding carboxylic acids is 2. The Morgan fingerprint density at radius 1 is 1.33 bits per heavy atom. The van der Waals surface area contributed by atoms with Gasteiger partial charge in [0.05, 0.1) is 0 Å². The quantitative estimate of drug-likeness (QED) is 0.704. The highest BCUT2D eigenvalue weighted by Crippen LogP contribution is 2.14. The third kappa shape index (κ3) is 3.02. The Morgan fingerprint density at radius 3 is 2.33 bits per heavy atom. The Bertz CT molecular complexity index is 237. The normalized spacial score (nSPS) is 21.7. The first kappa shape index (κ1) is 12.2. The number of amides is 2. The third-order valence-corrected chi connectivity index (χ3v) is 3.15. The Hall–Kier alpha value is -0.900. The van der Waals surface area contributed by atoms with Crippen LogP contribution in [0, 0.1) is 5.92 Å². The van der Waals surface area contributed by atoms with Crippen molar-refractivity contribution in [1.82, 2.24) is 4.90 Å². The number of piperidine rings is 1. The van der Waals surface area contributed by atoms with Gasteiger partial charge in [0.15, 0.2) is 0 Å². The van der Waals surface area contributed by atoms with Gasteiger partial charge in [0.1, 0.15) is 0 Å². The van der Waals surface area contributed by atoms with Gasteiger partial charge in [-0.25, -0.2) is 0 Å². The molecule has 0 radical (unpaired) electrons. The molecule has 0 spiro atoms. The maximum Gasteiger partial charge on any atom is 0.229 e. The van der Waals surface area contributed by atoms with E-state index in [1.54, 1.807) is 0 Å². The molecule has 0 aromatic rings. The van der Waals surface area contributed by atoms with Crippen LogP contribution in [-0.4, -0.2) is 29.3 Å². The van der Waals surface area contributed by atoms with Crippen molar-refractivity contribution in [1.29, 1.82) is 0 Å². The van der Waals surface area contributed by atoms with Crippen molar-refractivity contribution in [3.8, 4) is 0 Å². The lowest BCUT2D eigenvalue weighted by Crippen LogP contribution is -2.48. The number of nitrogens with two attached hydrogens (primary N) is 1. The average molecular weight is 212 g/mol. The third-order valence-electron chi connectivity index (χ3n) is 3.15. The van der Waals surface area contributed by atoms with Crippen LogP contribution in [-0.2, 0) is 9.59 Å². The first-order valence-corrected chi connectivity index (χ1v) is 5.65. The van der Waals surface area contributed by atoms with Crippen LogP contribution in [0.5, 0.6) is 0 Å². The number of imide groups is 1. The van der Waals surface area contributed by atoms with Crippen LogP contribution in [0.4, 0.5) is 0 Å². The largest absolute Gasteiger partial charge is 0.326 e. The summed E-state index contributed by atoms with van der Waals surface area (Å²) in [6.45, 7) is 4.49. The van der Waals surface area contributed by atoms with E-state index in [0.29, 0.717) is 31.7 Å². The van der Waals surface area contributed by atoms with E-state index in [0.717, 1.165) is 6.42 Å². The zero-order valence-corrected chi connectivity index (χ0v) is 9.53. The summed E-state index contributed by atoms with van der Waals surface area (Å²) >= 11 is 0. The van der Waals surface area contributed by atoms with Crippen molar-refractivity contribution in [2.24, 2.45) is 11.7 Å². The van der Waals surface area contributed by atoms with Gasteiger partial charge in [0, 0.05) is 25.4 Å². The molecule has 0 bridgehead atoms. The van der Waals surface area contributed by atoms with Crippen LogP contribution in [0.15, 0.2) is 0 Å². The molecule has 15 heavy (non-hydrogen) atoms. The summed E-state index contributed by atoms with van der Waals surface area (Å²) in [7, 11) is 0. The fourth-order valence-corrected chi connectivity index (χ4v) is 1.70. The number of likely N-dealkylation sites (tertiary alicyclic amines) is 1. The second-order valence-corrected chi connectivity index (χ2v) is 4.30. The minimum absolute atomic E-state index is 0.0648. The van der Waals surface area contributed by atoms with E-state index in [9.17, 15) is 9.59 Å². The molecular formula is C11H20N2O2. The molecule has 1 aliphatic rings. The fraction of sp³-hybridized carbons (Fsp3) is 0.818. The van der Waals surface area contributed by atoms with E-state index in [4.69, 9.17) is 5.73 Å². The predicted molar refractivity (Wildman–Crippen MR) is 58.0 cm³/mol. The smallest absolute Gasteiger partial charge is 0.229 e. The summed E-state index contributed by atoms with van der Waals surface area (Å²) < 4.78 is 0. The highest BCUT2D eigenvalue weighted by molar-refractivity contribution is 5.97. The van der Waals surface area contributed by atoms with Gasteiger partial charge in [-0.3, -0.25) is 14.5 Å². The van der Waals surface area contributed by atoms with Gasteiger partial charge >= 0.3 is 0 Å². The predicted octanol–water partition coefficient (Wildman–Crippen LogP) is 0.899. The Balaban J connectivity index is 2.55. The molecule has 1 fully saturated rings. The van der Waals surface area contributed by atoms with Gasteiger partial charge in [0.25, 0.3) is 0 Å². The van der Waals surface area contributed by atoms with Gasteiger partial charge < -0.3 is 5.73 Å². The molecule has 4 heteroatoms. The van der Waals surface area contributed by atoms with Gasteiger partial charge in [-0.2, -0.15) is 0 Å². The van der Waals surface area contributed by atoms with Crippen LogP contribution in [0.25, 0.3) is 0 Å². The van der Waals surface area contributed by atoms with E-state index < -0.39 is 0 Å². The van der Waals surface area contributed by atoms with Gasteiger partial charge in [-0.05, 0) is 12.3 Å². The minimum atomic E-state index is -0.0963. The molecule has 1 rings (SSSR count). The first-order valence-electron chi connectivity index (χ1n) is 5.65. The number of nitrogens with zero attached hydrogens (tertiary/aromatic N) is 1. The summed E-state index contributed by atoms with van der Waals surface area (Å²) in [5.41, 5.74) is 5.94. The van der Waals surface area contributed by atoms with Gasteiger partial charge in [-0.1, -0.05) is 20.3 Å². The van der Waals surface area contributed by atoms with Gasteiger partial charge in [0.2, 0.25) is 11.8 Å². The molecule has 1 heterocycles. The topological polar surface area (TPSA) is 63.4 Å². The van der Waals surface area contributed by atoms with E-state index in [1.807, 2.05) is 6.92 Å². The Kier molecular flexibility index (Phi) is 4.27. The van der Waals surface area contributed by atoms with Crippen molar-refractivity contribution in [2.45, 2.75) is 45.6 Å². The van der Waals surface area contributed by atoms with Crippen LogP contribution < -0.4 is 5.73 Å². The van der Waals surface area contributed by atoms with Gasteiger partial charge in [-0.15, -0.1) is 0 Å². The second kappa shape index (κ2) is 5.26. The number of carbonyl (C=O) groups is 2. The summed E-state index contributed by atoms with van der Waals surface area (Å²) in [6, 6.07) is -0.0963. The van der Waals surface area contributed by atoms with Crippen LogP contribution in [0.1, 0.15) is 39.5 Å². The van der Waals surface area contributed by atoms with Crippen molar-refractivity contribution < 1.29 is 9.59 Å². The summed E-state index contributed by atoms with van der Waals surface area (Å²) in [5.74, 6) is 0.211. The molecule has 0 saturated carbocycles. The zero-order chi connectivity index (χ0) is 11.4. The molecule has 2 N–H and O–H groups in total. The van der Waals surface area contributed by atoms with Crippen molar-refractivity contribution in [3.05, 3.63) is 0 Å². The first-order chi connectivity index (χ1) is 7.06. The second-order valence-electron chi connectivity index (χ2n) is 4.30. The Morgan fingerprint density at radius 2 is 1.87 bits per heavy atom. The van der Waals surface area contributed by atoms with Crippen molar-refractivity contribution >= 4 is 11.8 Å². The molecule has 1 aliphatic heterocycles. The average Bonchev–Trinajstić information content (AvgIpc) is 2.22. The van der Waals surface area contributed by atoms with E-state index >= 15 is 0 Å². The molecule has 2 unspecified atom stereocenters. The lowest BCUT2D eigenvalue weighted by molar-refractivity contribution is -0.148. The molecule has 0 aromatic heterocycles. The maximum absolute atomic E-state index is 11.5. The summed E-state index contributed by atoms with van der Waals surface area (Å²) in [4.78, 5) is 24.3. The highest BCUT2D eigenvalue weighted by atomic mass is 16.2. The number of hydrogen-bond acceptors (Lipinski definition) is 3. The molecule has 86 valence electrons. The number of hydrogen-bond donors (Lipinski definition) is 1. The van der Waals surface area contributed by atoms with E-state index in [-0.39, 0.29) is 17.9 Å². The summed E-state index contributed by atoms with van der Waals surface area (Å²) in [6.07, 6.45) is 2.63. The fourth-order valence-electron chi connectivity index (χ4n) is 1.70. The molecule has 2 amide bonds. The van der Waals surface area contributed by atoms with Crippen LogP contribution in [0.2, 0.25) is 0 Å². The molecule has 2 atom stereocenters. The van der Waals surface area contributed by atoms with Crippen molar-refractivity contribution in [3.63, 3.8) is 0 Å². The maximum atomic E-state index is 11.5.